The molecule has 1 amide bonds. The lowest BCUT2D eigenvalue weighted by Crippen LogP contribution is -2.15. The highest BCUT2D eigenvalue weighted by Crippen LogP contribution is 2.43. The summed E-state index contributed by atoms with van der Waals surface area (Å²) in [7, 11) is 0. The summed E-state index contributed by atoms with van der Waals surface area (Å²) in [5.74, 6) is 2.23. The van der Waals surface area contributed by atoms with E-state index in [4.69, 9.17) is 19.5 Å². The number of benzene rings is 2. The smallest absolute Gasteiger partial charge is 0.251 e. The van der Waals surface area contributed by atoms with Gasteiger partial charge in [-0.25, -0.2) is 4.98 Å². The summed E-state index contributed by atoms with van der Waals surface area (Å²) in [6.45, 7) is 4.68. The number of pyridine rings is 1. The van der Waals surface area contributed by atoms with Gasteiger partial charge in [-0.2, -0.15) is 5.26 Å². The number of aromatic nitrogens is 1. The Bertz CT molecular complexity index is 1160. The summed E-state index contributed by atoms with van der Waals surface area (Å²) in [6, 6.07) is 18.5. The van der Waals surface area contributed by atoms with Crippen molar-refractivity contribution < 1.29 is 19.0 Å². The predicted octanol–water partition coefficient (Wildman–Crippen LogP) is 4.78. The molecule has 0 radical (unpaired) electrons. The zero-order valence-corrected chi connectivity index (χ0v) is 19.0. The van der Waals surface area contributed by atoms with Crippen LogP contribution in [0.1, 0.15) is 31.1 Å². The van der Waals surface area contributed by atoms with Crippen molar-refractivity contribution in [2.24, 2.45) is 0 Å². The number of carbonyl (C=O) groups excluding carboxylic acids is 1. The highest BCUT2D eigenvalue weighted by atomic mass is 32.2. The van der Waals surface area contributed by atoms with E-state index in [9.17, 15) is 4.79 Å². The summed E-state index contributed by atoms with van der Waals surface area (Å²) in [6.07, 6.45) is 1.18. The topological polar surface area (TPSA) is 96.7 Å². The van der Waals surface area contributed by atoms with Crippen LogP contribution in [0.5, 0.6) is 23.1 Å². The SMILES string of the molecule is CC.N#Cc1ccc(Oc2cccc3c2OCC3Oc2ccc(N3CC(=O)NS3)cc2)nc1. The monoisotopic (exact) mass is 462 g/mol. The standard InChI is InChI=1S/C22H16N4O4S.C2H6/c23-10-14-4-9-21(24-11-14)30-18-3-1-2-17-19(13-28-22(17)18)29-16-7-5-15(6-8-16)26-12-20(27)25-31-26;1-2/h1-9,11,19H,12-13H2,(H,25,27);1-2H3. The van der Waals surface area contributed by atoms with Gasteiger partial charge in [0.2, 0.25) is 5.88 Å². The van der Waals surface area contributed by atoms with Crippen LogP contribution in [0.15, 0.2) is 60.8 Å². The van der Waals surface area contributed by atoms with Gasteiger partial charge in [-0.3, -0.25) is 13.8 Å². The van der Waals surface area contributed by atoms with E-state index in [1.54, 1.807) is 18.2 Å². The van der Waals surface area contributed by atoms with Crippen LogP contribution in [0.4, 0.5) is 5.69 Å². The Kier molecular flexibility index (Phi) is 6.86. The number of ether oxygens (including phenoxy) is 3. The molecule has 1 fully saturated rings. The molecule has 3 aromatic rings. The molecule has 168 valence electrons. The van der Waals surface area contributed by atoms with Gasteiger partial charge < -0.3 is 14.2 Å². The average Bonchev–Trinajstić information content (AvgIpc) is 3.48. The number of nitrogens with zero attached hydrogens (tertiary/aromatic N) is 3. The van der Waals surface area contributed by atoms with Crippen molar-refractivity contribution >= 4 is 23.7 Å². The molecule has 5 rings (SSSR count). The Labute approximate surface area is 196 Å². The van der Waals surface area contributed by atoms with E-state index in [1.165, 1.54) is 18.3 Å². The molecule has 2 aliphatic heterocycles. The number of rotatable bonds is 5. The molecule has 0 aliphatic carbocycles. The number of anilines is 1. The molecule has 9 heteroatoms. The van der Waals surface area contributed by atoms with Gasteiger partial charge in [-0.15, -0.1) is 0 Å². The van der Waals surface area contributed by atoms with Gasteiger partial charge in [-0.05, 0) is 36.4 Å². The van der Waals surface area contributed by atoms with Crippen molar-refractivity contribution in [1.82, 2.24) is 9.71 Å². The average molecular weight is 463 g/mol. The fourth-order valence-corrected chi connectivity index (χ4v) is 3.97. The van der Waals surface area contributed by atoms with Crippen LogP contribution in [0.2, 0.25) is 0 Å². The molecular weight excluding hydrogens is 440 g/mol. The number of hydrogen-bond donors (Lipinski definition) is 1. The maximum absolute atomic E-state index is 11.4. The van der Waals surface area contributed by atoms with E-state index < -0.39 is 0 Å². The van der Waals surface area contributed by atoms with Gasteiger partial charge in [0.1, 0.15) is 25.0 Å². The van der Waals surface area contributed by atoms with Gasteiger partial charge in [-0.1, -0.05) is 26.0 Å². The van der Waals surface area contributed by atoms with E-state index in [0.717, 1.165) is 11.3 Å². The first-order valence-corrected chi connectivity index (χ1v) is 11.3. The largest absolute Gasteiger partial charge is 0.485 e. The van der Waals surface area contributed by atoms with E-state index >= 15 is 0 Å². The Morgan fingerprint density at radius 2 is 2.00 bits per heavy atom. The number of para-hydroxylation sites is 1. The molecule has 0 saturated carbocycles. The highest BCUT2D eigenvalue weighted by Gasteiger charge is 2.29. The van der Waals surface area contributed by atoms with E-state index in [-0.39, 0.29) is 12.0 Å². The van der Waals surface area contributed by atoms with E-state index in [2.05, 4.69) is 9.71 Å². The number of fused-ring (bicyclic) bond motifs is 1. The Morgan fingerprint density at radius 3 is 2.67 bits per heavy atom. The summed E-state index contributed by atoms with van der Waals surface area (Å²) >= 11 is 1.28. The number of amides is 1. The van der Waals surface area contributed by atoms with Crippen LogP contribution < -0.4 is 23.2 Å². The minimum Gasteiger partial charge on any atom is -0.485 e. The van der Waals surface area contributed by atoms with Crippen LogP contribution in [0.3, 0.4) is 0 Å². The molecule has 1 N–H and O–H groups in total. The predicted molar refractivity (Wildman–Crippen MR) is 125 cm³/mol. The third-order valence-corrected chi connectivity index (χ3v) is 5.65. The number of nitriles is 1. The second-order valence-corrected chi connectivity index (χ2v) is 7.67. The van der Waals surface area contributed by atoms with E-state index in [1.807, 2.05) is 60.6 Å². The second kappa shape index (κ2) is 10.1. The normalized spacial score (nSPS) is 16.0. The molecule has 2 aliphatic rings. The van der Waals surface area contributed by atoms with Crippen molar-refractivity contribution in [2.45, 2.75) is 20.0 Å². The molecule has 0 bridgehead atoms. The first-order valence-electron chi connectivity index (χ1n) is 10.5. The first-order chi connectivity index (χ1) is 16.2. The van der Waals surface area contributed by atoms with Crippen molar-refractivity contribution in [2.75, 3.05) is 17.5 Å². The molecule has 3 heterocycles. The molecular formula is C24H22N4O4S. The Balaban J connectivity index is 0.00000126. The second-order valence-electron chi connectivity index (χ2n) is 6.84. The van der Waals surface area contributed by atoms with Gasteiger partial charge >= 0.3 is 0 Å². The van der Waals surface area contributed by atoms with Crippen molar-refractivity contribution in [3.05, 3.63) is 71.9 Å². The first kappa shape index (κ1) is 22.3. The lowest BCUT2D eigenvalue weighted by atomic mass is 10.1. The quantitative estimate of drug-likeness (QED) is 0.541. The van der Waals surface area contributed by atoms with Crippen LogP contribution in [0, 0.1) is 11.3 Å². The fourth-order valence-electron chi connectivity index (χ4n) is 3.29. The van der Waals surface area contributed by atoms with Crippen LogP contribution >= 0.6 is 12.1 Å². The number of nitrogens with one attached hydrogen (secondary N) is 1. The maximum Gasteiger partial charge on any atom is 0.251 e. The van der Waals surface area contributed by atoms with Crippen LogP contribution in [0.25, 0.3) is 0 Å². The third-order valence-electron chi connectivity index (χ3n) is 4.78. The fraction of sp³-hybridized carbons (Fsp3) is 0.208. The number of hydrogen-bond acceptors (Lipinski definition) is 8. The molecule has 1 aromatic heterocycles. The highest BCUT2D eigenvalue weighted by molar-refractivity contribution is 7.99. The van der Waals surface area contributed by atoms with Gasteiger partial charge in [0.25, 0.3) is 5.91 Å². The molecule has 8 nitrogen and oxygen atoms in total. The molecule has 33 heavy (non-hydrogen) atoms. The number of carbonyl (C=O) groups is 1. The zero-order chi connectivity index (χ0) is 23.2. The summed E-state index contributed by atoms with van der Waals surface area (Å²) in [4.78, 5) is 15.5. The van der Waals surface area contributed by atoms with Gasteiger partial charge in [0.15, 0.2) is 17.6 Å². The zero-order valence-electron chi connectivity index (χ0n) is 18.1. The Morgan fingerprint density at radius 1 is 1.18 bits per heavy atom. The Hall–Kier alpha value is -3.90. The summed E-state index contributed by atoms with van der Waals surface area (Å²) < 4.78 is 22.4. The summed E-state index contributed by atoms with van der Waals surface area (Å²) in [5, 5.41) is 8.89. The van der Waals surface area contributed by atoms with Gasteiger partial charge in [0.05, 0.1) is 17.7 Å². The minimum absolute atomic E-state index is 0.0146. The van der Waals surface area contributed by atoms with Crippen molar-refractivity contribution in [3.63, 3.8) is 0 Å². The molecule has 2 aromatic carbocycles. The maximum atomic E-state index is 11.4. The molecule has 0 spiro atoms. The van der Waals surface area contributed by atoms with E-state index in [0.29, 0.717) is 41.8 Å². The summed E-state index contributed by atoms with van der Waals surface area (Å²) in [5.41, 5.74) is 2.28. The molecule has 1 unspecified atom stereocenters. The minimum atomic E-state index is -0.275. The van der Waals surface area contributed by atoms with Crippen molar-refractivity contribution in [1.29, 1.82) is 5.26 Å². The van der Waals surface area contributed by atoms with Crippen LogP contribution in [-0.2, 0) is 4.79 Å². The van der Waals surface area contributed by atoms with Crippen LogP contribution in [-0.4, -0.2) is 24.0 Å². The van der Waals surface area contributed by atoms with Gasteiger partial charge in [0, 0.05) is 23.5 Å². The third kappa shape index (κ3) is 4.96. The van der Waals surface area contributed by atoms with Crippen molar-refractivity contribution in [3.8, 4) is 29.2 Å². The lowest BCUT2D eigenvalue weighted by molar-refractivity contribution is -0.117. The molecule has 1 atom stereocenters. The molecule has 1 saturated heterocycles. The lowest BCUT2D eigenvalue weighted by Gasteiger charge is -2.16.